The Bertz CT molecular complexity index is 761. The molecule has 1 spiro atoms. The number of aromatic nitrogens is 1. The van der Waals surface area contributed by atoms with Crippen LogP contribution in [0.15, 0.2) is 30.5 Å². The summed E-state index contributed by atoms with van der Waals surface area (Å²) in [5, 5.41) is 1.22. The molecule has 1 unspecified atom stereocenters. The van der Waals surface area contributed by atoms with Gasteiger partial charge in [-0.2, -0.15) is 0 Å². The summed E-state index contributed by atoms with van der Waals surface area (Å²) < 4.78 is 11.8. The molecular formula is C21H28N2O3. The number of hydrogen-bond acceptors (Lipinski definition) is 3. The number of likely N-dealkylation sites (tertiary alicyclic amines) is 1. The maximum Gasteiger partial charge on any atom is 0.222 e. The van der Waals surface area contributed by atoms with Crippen LogP contribution >= 0.6 is 0 Å². The lowest BCUT2D eigenvalue weighted by Crippen LogP contribution is -2.56. The van der Waals surface area contributed by atoms with E-state index in [0.717, 1.165) is 57.3 Å². The molecular weight excluding hydrogens is 328 g/mol. The minimum atomic E-state index is -0.180. The number of hydrogen-bond donors (Lipinski definition) is 1. The number of fused-ring (bicyclic) bond motifs is 1. The molecule has 0 saturated carbocycles. The lowest BCUT2D eigenvalue weighted by molar-refractivity contribution is -0.188. The van der Waals surface area contributed by atoms with Gasteiger partial charge in [0, 0.05) is 50.3 Å². The summed E-state index contributed by atoms with van der Waals surface area (Å²) in [6.45, 7) is 2.35. The van der Waals surface area contributed by atoms with Crippen LogP contribution in [0.4, 0.5) is 0 Å². The Balaban J connectivity index is 1.34. The van der Waals surface area contributed by atoms with Gasteiger partial charge in [-0.05, 0) is 43.7 Å². The Kier molecular flexibility index (Phi) is 5.00. The summed E-state index contributed by atoms with van der Waals surface area (Å²) >= 11 is 0. The number of methoxy groups -OCH3 is 1. The Morgan fingerprint density at radius 1 is 1.35 bits per heavy atom. The third kappa shape index (κ3) is 3.26. The van der Waals surface area contributed by atoms with Crippen molar-refractivity contribution in [2.75, 3.05) is 26.8 Å². The van der Waals surface area contributed by atoms with Gasteiger partial charge >= 0.3 is 0 Å². The number of nitrogens with one attached hydrogen (secondary N) is 1. The van der Waals surface area contributed by atoms with E-state index in [0.29, 0.717) is 6.42 Å². The van der Waals surface area contributed by atoms with Crippen molar-refractivity contribution in [3.05, 3.63) is 36.0 Å². The summed E-state index contributed by atoms with van der Waals surface area (Å²) in [5.41, 5.74) is 2.17. The fourth-order valence-electron chi connectivity index (χ4n) is 4.57. The van der Waals surface area contributed by atoms with Crippen molar-refractivity contribution in [3.63, 3.8) is 0 Å². The van der Waals surface area contributed by atoms with Crippen LogP contribution in [0.25, 0.3) is 10.9 Å². The summed E-state index contributed by atoms with van der Waals surface area (Å²) in [4.78, 5) is 18.0. The molecule has 1 aromatic heterocycles. The highest BCUT2D eigenvalue weighted by molar-refractivity contribution is 5.84. The first-order valence-corrected chi connectivity index (χ1v) is 9.71. The molecule has 2 fully saturated rings. The van der Waals surface area contributed by atoms with Gasteiger partial charge < -0.3 is 19.4 Å². The summed E-state index contributed by atoms with van der Waals surface area (Å²) in [6.07, 6.45) is 7.42. The molecule has 1 aromatic carbocycles. The third-order valence-corrected chi connectivity index (χ3v) is 6.12. The molecule has 1 amide bonds. The van der Waals surface area contributed by atoms with Crippen LogP contribution in [0.5, 0.6) is 0 Å². The first kappa shape index (κ1) is 17.6. The summed E-state index contributed by atoms with van der Waals surface area (Å²) in [5.74, 6) is 0.245. The maximum absolute atomic E-state index is 12.7. The maximum atomic E-state index is 12.7. The molecule has 0 radical (unpaired) electrons. The normalized spacial score (nSPS) is 22.8. The standard InChI is InChI=1S/C21H28N2O3/c1-25-19-7-4-14-26-21(19)10-12-23(13-11-21)20(24)9-8-16-15-22-18-6-3-2-5-17(16)18/h2-3,5-6,15,19,22H,4,7-14H2,1H3. The number of nitrogens with zero attached hydrogens (tertiary/aromatic N) is 1. The number of aryl methyl sites for hydroxylation is 1. The number of carbonyl (C=O) groups is 1. The zero-order chi connectivity index (χ0) is 18.0. The molecule has 4 rings (SSSR count). The van der Waals surface area contributed by atoms with E-state index < -0.39 is 0 Å². The van der Waals surface area contributed by atoms with Crippen LogP contribution in [0.1, 0.15) is 37.7 Å². The Labute approximate surface area is 154 Å². The second-order valence-electron chi connectivity index (χ2n) is 7.52. The van der Waals surface area contributed by atoms with Crippen molar-refractivity contribution < 1.29 is 14.3 Å². The highest BCUT2D eigenvalue weighted by Gasteiger charge is 2.45. The SMILES string of the molecule is COC1CCCOC12CCN(C(=O)CCc1c[nH]c3ccccc13)CC2. The zero-order valence-corrected chi connectivity index (χ0v) is 15.5. The second kappa shape index (κ2) is 7.41. The predicted molar refractivity (Wildman–Crippen MR) is 101 cm³/mol. The topological polar surface area (TPSA) is 54.6 Å². The van der Waals surface area contributed by atoms with Gasteiger partial charge in [0.25, 0.3) is 0 Å². The van der Waals surface area contributed by atoms with E-state index in [4.69, 9.17) is 9.47 Å². The molecule has 0 bridgehead atoms. The van der Waals surface area contributed by atoms with E-state index in [1.54, 1.807) is 7.11 Å². The highest BCUT2D eigenvalue weighted by Crippen LogP contribution is 2.37. The first-order chi connectivity index (χ1) is 12.7. The van der Waals surface area contributed by atoms with Crippen molar-refractivity contribution in [2.45, 2.75) is 50.2 Å². The van der Waals surface area contributed by atoms with Crippen LogP contribution in [-0.4, -0.2) is 54.3 Å². The van der Waals surface area contributed by atoms with Gasteiger partial charge in [-0.15, -0.1) is 0 Å². The Morgan fingerprint density at radius 2 is 2.15 bits per heavy atom. The zero-order valence-electron chi connectivity index (χ0n) is 15.5. The number of ether oxygens (including phenoxy) is 2. The van der Waals surface area contributed by atoms with E-state index in [2.05, 4.69) is 17.1 Å². The molecule has 1 atom stereocenters. The average molecular weight is 356 g/mol. The summed E-state index contributed by atoms with van der Waals surface area (Å²) in [7, 11) is 1.78. The highest BCUT2D eigenvalue weighted by atomic mass is 16.5. The van der Waals surface area contributed by atoms with Crippen LogP contribution < -0.4 is 0 Å². The quantitative estimate of drug-likeness (QED) is 0.915. The summed E-state index contributed by atoms with van der Waals surface area (Å²) in [6, 6.07) is 8.25. The molecule has 1 N–H and O–H groups in total. The minimum Gasteiger partial charge on any atom is -0.378 e. The monoisotopic (exact) mass is 356 g/mol. The van der Waals surface area contributed by atoms with Gasteiger partial charge in [-0.3, -0.25) is 4.79 Å². The molecule has 140 valence electrons. The number of benzene rings is 1. The van der Waals surface area contributed by atoms with Crippen molar-refractivity contribution in [1.82, 2.24) is 9.88 Å². The van der Waals surface area contributed by atoms with Gasteiger partial charge in [0.2, 0.25) is 5.91 Å². The fraction of sp³-hybridized carbons (Fsp3) is 0.571. The lowest BCUT2D eigenvalue weighted by Gasteiger charge is -2.48. The Hall–Kier alpha value is -1.85. The molecule has 3 heterocycles. The molecule has 5 heteroatoms. The van der Waals surface area contributed by atoms with E-state index in [9.17, 15) is 4.79 Å². The molecule has 0 aliphatic carbocycles. The number of carbonyl (C=O) groups excluding carboxylic acids is 1. The molecule has 5 nitrogen and oxygen atoms in total. The number of piperidine rings is 1. The smallest absolute Gasteiger partial charge is 0.222 e. The molecule has 26 heavy (non-hydrogen) atoms. The number of amides is 1. The molecule has 2 aromatic rings. The van der Waals surface area contributed by atoms with Crippen LogP contribution in [0.3, 0.4) is 0 Å². The van der Waals surface area contributed by atoms with Crippen LogP contribution in [0, 0.1) is 0 Å². The Morgan fingerprint density at radius 3 is 2.96 bits per heavy atom. The third-order valence-electron chi connectivity index (χ3n) is 6.12. The number of H-pyrrole nitrogens is 1. The molecule has 2 aliphatic heterocycles. The van der Waals surface area contributed by atoms with Gasteiger partial charge in [0.1, 0.15) is 0 Å². The van der Waals surface area contributed by atoms with Crippen molar-refractivity contribution in [3.8, 4) is 0 Å². The van der Waals surface area contributed by atoms with Gasteiger partial charge in [-0.1, -0.05) is 18.2 Å². The van der Waals surface area contributed by atoms with E-state index in [1.807, 2.05) is 23.2 Å². The van der Waals surface area contributed by atoms with Crippen LogP contribution in [0.2, 0.25) is 0 Å². The number of aromatic amines is 1. The lowest BCUT2D eigenvalue weighted by atomic mass is 9.81. The fourth-order valence-corrected chi connectivity index (χ4v) is 4.57. The van der Waals surface area contributed by atoms with Gasteiger partial charge in [0.15, 0.2) is 0 Å². The number of para-hydroxylation sites is 1. The van der Waals surface area contributed by atoms with E-state index >= 15 is 0 Å². The predicted octanol–water partition coefficient (Wildman–Crippen LogP) is 3.29. The first-order valence-electron chi connectivity index (χ1n) is 9.71. The molecule has 2 saturated heterocycles. The van der Waals surface area contributed by atoms with Crippen molar-refractivity contribution in [2.24, 2.45) is 0 Å². The largest absolute Gasteiger partial charge is 0.378 e. The van der Waals surface area contributed by atoms with Crippen molar-refractivity contribution in [1.29, 1.82) is 0 Å². The van der Waals surface area contributed by atoms with Gasteiger partial charge in [-0.25, -0.2) is 0 Å². The average Bonchev–Trinajstić information content (AvgIpc) is 3.10. The second-order valence-corrected chi connectivity index (χ2v) is 7.52. The minimum absolute atomic E-state index is 0.166. The van der Waals surface area contributed by atoms with E-state index in [1.165, 1.54) is 10.9 Å². The van der Waals surface area contributed by atoms with E-state index in [-0.39, 0.29) is 17.6 Å². The number of rotatable bonds is 4. The van der Waals surface area contributed by atoms with Crippen LogP contribution in [-0.2, 0) is 20.7 Å². The van der Waals surface area contributed by atoms with Crippen molar-refractivity contribution >= 4 is 16.8 Å². The van der Waals surface area contributed by atoms with Gasteiger partial charge in [0.05, 0.1) is 11.7 Å². The molecule has 2 aliphatic rings.